The normalized spacial score (nSPS) is 10.6. The minimum absolute atomic E-state index is 0.194. The summed E-state index contributed by atoms with van der Waals surface area (Å²) in [5.74, 6) is 1.87. The number of fused-ring (bicyclic) bond motifs is 1. The topological polar surface area (TPSA) is 70.3 Å². The van der Waals surface area contributed by atoms with Crippen LogP contribution in [-0.4, -0.2) is 17.1 Å². The van der Waals surface area contributed by atoms with Gasteiger partial charge in [-0.3, -0.25) is 0 Å². The van der Waals surface area contributed by atoms with Crippen molar-refractivity contribution in [3.05, 3.63) is 35.7 Å². The highest BCUT2D eigenvalue weighted by Gasteiger charge is 2.11. The molecule has 0 unspecified atom stereocenters. The van der Waals surface area contributed by atoms with Crippen molar-refractivity contribution in [1.82, 2.24) is 9.97 Å². The third-order valence-electron chi connectivity index (χ3n) is 2.58. The molecule has 0 fully saturated rings. The SMILES string of the molecule is COc1ccccc1Oc1nc(N)nc2sccc12. The van der Waals surface area contributed by atoms with Gasteiger partial charge in [0.15, 0.2) is 11.5 Å². The number of rotatable bonds is 3. The summed E-state index contributed by atoms with van der Waals surface area (Å²) in [7, 11) is 1.59. The minimum Gasteiger partial charge on any atom is -0.493 e. The van der Waals surface area contributed by atoms with E-state index in [0.29, 0.717) is 17.4 Å². The van der Waals surface area contributed by atoms with E-state index in [4.69, 9.17) is 15.2 Å². The Kier molecular flexibility index (Phi) is 2.92. The third kappa shape index (κ3) is 2.17. The summed E-state index contributed by atoms with van der Waals surface area (Å²) in [6.07, 6.45) is 0. The molecule has 2 aromatic heterocycles. The maximum atomic E-state index is 5.80. The quantitative estimate of drug-likeness (QED) is 0.794. The zero-order valence-corrected chi connectivity index (χ0v) is 11.0. The standard InChI is InChI=1S/C13H11N3O2S/c1-17-9-4-2-3-5-10(9)18-11-8-6-7-19-12(8)16-13(14)15-11/h2-7H,1H3,(H2,14,15,16). The molecule has 2 N–H and O–H groups in total. The van der Waals surface area contributed by atoms with Crippen molar-refractivity contribution in [3.63, 3.8) is 0 Å². The number of methoxy groups -OCH3 is 1. The first kappa shape index (κ1) is 11.7. The lowest BCUT2D eigenvalue weighted by molar-refractivity contribution is 0.376. The molecule has 0 amide bonds. The summed E-state index contributed by atoms with van der Waals surface area (Å²) in [5, 5.41) is 2.76. The van der Waals surface area contributed by atoms with E-state index in [1.54, 1.807) is 7.11 Å². The lowest BCUT2D eigenvalue weighted by atomic mass is 10.3. The molecule has 0 bridgehead atoms. The molecule has 96 valence electrons. The monoisotopic (exact) mass is 273 g/mol. The molecule has 2 heterocycles. The van der Waals surface area contributed by atoms with E-state index in [0.717, 1.165) is 10.2 Å². The summed E-state index contributed by atoms with van der Waals surface area (Å²) < 4.78 is 11.0. The van der Waals surface area contributed by atoms with Crippen LogP contribution in [0.5, 0.6) is 17.4 Å². The number of para-hydroxylation sites is 2. The second kappa shape index (κ2) is 4.74. The molecule has 0 radical (unpaired) electrons. The fourth-order valence-electron chi connectivity index (χ4n) is 1.73. The van der Waals surface area contributed by atoms with Crippen LogP contribution in [0.1, 0.15) is 0 Å². The second-order valence-corrected chi connectivity index (χ2v) is 4.67. The number of hydrogen-bond acceptors (Lipinski definition) is 6. The number of thiophene rings is 1. The van der Waals surface area contributed by atoms with Crippen molar-refractivity contribution in [2.45, 2.75) is 0 Å². The van der Waals surface area contributed by atoms with Crippen molar-refractivity contribution in [2.24, 2.45) is 0 Å². The predicted octanol–water partition coefficient (Wildman–Crippen LogP) is 3.07. The molecule has 0 aliphatic rings. The molecule has 0 spiro atoms. The highest BCUT2D eigenvalue weighted by atomic mass is 32.1. The molecule has 0 aliphatic carbocycles. The molecule has 0 aliphatic heterocycles. The number of aromatic nitrogens is 2. The van der Waals surface area contributed by atoms with Gasteiger partial charge in [0, 0.05) is 0 Å². The average molecular weight is 273 g/mol. The summed E-state index contributed by atoms with van der Waals surface area (Å²) in [4.78, 5) is 9.10. The van der Waals surface area contributed by atoms with Crippen LogP contribution in [0, 0.1) is 0 Å². The van der Waals surface area contributed by atoms with Crippen molar-refractivity contribution in [1.29, 1.82) is 0 Å². The maximum absolute atomic E-state index is 5.80. The first-order chi connectivity index (χ1) is 9.28. The molecule has 3 rings (SSSR count). The summed E-state index contributed by atoms with van der Waals surface area (Å²) in [6, 6.07) is 9.29. The molecule has 0 saturated carbocycles. The van der Waals surface area contributed by atoms with Crippen molar-refractivity contribution >= 4 is 27.5 Å². The van der Waals surface area contributed by atoms with Gasteiger partial charge in [-0.15, -0.1) is 11.3 Å². The first-order valence-electron chi connectivity index (χ1n) is 5.59. The smallest absolute Gasteiger partial charge is 0.233 e. The molecule has 6 heteroatoms. The van der Waals surface area contributed by atoms with Crippen molar-refractivity contribution in [3.8, 4) is 17.4 Å². The number of benzene rings is 1. The Balaban J connectivity index is 2.07. The van der Waals surface area contributed by atoms with E-state index in [1.807, 2.05) is 35.7 Å². The second-order valence-electron chi connectivity index (χ2n) is 3.78. The number of ether oxygens (including phenoxy) is 2. The molecule has 0 saturated heterocycles. The van der Waals surface area contributed by atoms with Crippen LogP contribution >= 0.6 is 11.3 Å². The van der Waals surface area contributed by atoms with Gasteiger partial charge in [0.2, 0.25) is 11.8 Å². The van der Waals surface area contributed by atoms with Gasteiger partial charge < -0.3 is 15.2 Å². The Hall–Kier alpha value is -2.34. The summed E-state index contributed by atoms with van der Waals surface area (Å²) >= 11 is 1.49. The fourth-order valence-corrected chi connectivity index (χ4v) is 2.49. The molecule has 0 atom stereocenters. The molecule has 1 aromatic carbocycles. The van der Waals surface area contributed by atoms with E-state index in [2.05, 4.69) is 9.97 Å². The summed E-state index contributed by atoms with van der Waals surface area (Å²) in [6.45, 7) is 0. The van der Waals surface area contributed by atoms with E-state index in [1.165, 1.54) is 11.3 Å². The number of nitrogens with zero attached hydrogens (tertiary/aromatic N) is 2. The van der Waals surface area contributed by atoms with Gasteiger partial charge in [0.05, 0.1) is 12.5 Å². The van der Waals surface area contributed by atoms with E-state index in [9.17, 15) is 0 Å². The van der Waals surface area contributed by atoms with Crippen LogP contribution in [0.3, 0.4) is 0 Å². The van der Waals surface area contributed by atoms with E-state index >= 15 is 0 Å². The van der Waals surface area contributed by atoms with Crippen molar-refractivity contribution in [2.75, 3.05) is 12.8 Å². The summed E-state index contributed by atoms with van der Waals surface area (Å²) in [5.41, 5.74) is 5.68. The Labute approximate surface area is 113 Å². The first-order valence-corrected chi connectivity index (χ1v) is 6.47. The number of anilines is 1. The highest BCUT2D eigenvalue weighted by Crippen LogP contribution is 2.34. The molecular weight excluding hydrogens is 262 g/mol. The zero-order chi connectivity index (χ0) is 13.2. The molecule has 3 aromatic rings. The zero-order valence-electron chi connectivity index (χ0n) is 10.2. The van der Waals surface area contributed by atoms with E-state index in [-0.39, 0.29) is 5.95 Å². The Morgan fingerprint density at radius 2 is 1.89 bits per heavy atom. The molecular formula is C13H11N3O2S. The van der Waals surface area contributed by atoms with E-state index < -0.39 is 0 Å². The van der Waals surface area contributed by atoms with Gasteiger partial charge in [0.25, 0.3) is 0 Å². The van der Waals surface area contributed by atoms with Gasteiger partial charge in [-0.1, -0.05) is 12.1 Å². The lowest BCUT2D eigenvalue weighted by Gasteiger charge is -2.09. The Bertz CT molecular complexity index is 727. The van der Waals surface area contributed by atoms with Crippen LogP contribution in [-0.2, 0) is 0 Å². The van der Waals surface area contributed by atoms with Crippen molar-refractivity contribution < 1.29 is 9.47 Å². The van der Waals surface area contributed by atoms with Crippen LogP contribution in [0.4, 0.5) is 5.95 Å². The van der Waals surface area contributed by atoms with Crippen LogP contribution in [0.25, 0.3) is 10.2 Å². The fraction of sp³-hybridized carbons (Fsp3) is 0.0769. The van der Waals surface area contributed by atoms with Gasteiger partial charge >= 0.3 is 0 Å². The maximum Gasteiger partial charge on any atom is 0.233 e. The lowest BCUT2D eigenvalue weighted by Crippen LogP contribution is -1.98. The van der Waals surface area contributed by atoms with Crippen LogP contribution < -0.4 is 15.2 Å². The Morgan fingerprint density at radius 3 is 2.68 bits per heavy atom. The van der Waals surface area contributed by atoms with Gasteiger partial charge in [0.1, 0.15) is 4.83 Å². The van der Waals surface area contributed by atoms with Crippen LogP contribution in [0.2, 0.25) is 0 Å². The number of hydrogen-bond donors (Lipinski definition) is 1. The van der Waals surface area contributed by atoms with Gasteiger partial charge in [-0.05, 0) is 23.6 Å². The minimum atomic E-state index is 0.194. The molecule has 5 nitrogen and oxygen atoms in total. The largest absolute Gasteiger partial charge is 0.493 e. The average Bonchev–Trinajstić information content (AvgIpc) is 2.87. The van der Waals surface area contributed by atoms with Crippen LogP contribution in [0.15, 0.2) is 35.7 Å². The van der Waals surface area contributed by atoms with Gasteiger partial charge in [-0.2, -0.15) is 4.98 Å². The third-order valence-corrected chi connectivity index (χ3v) is 3.39. The number of nitrogen functional groups attached to an aromatic ring is 1. The Morgan fingerprint density at radius 1 is 1.11 bits per heavy atom. The predicted molar refractivity (Wildman–Crippen MR) is 74.9 cm³/mol. The van der Waals surface area contributed by atoms with Gasteiger partial charge in [-0.25, -0.2) is 4.98 Å². The number of nitrogens with two attached hydrogens (primary N) is 1. The highest BCUT2D eigenvalue weighted by molar-refractivity contribution is 7.16. The molecule has 19 heavy (non-hydrogen) atoms.